The van der Waals surface area contributed by atoms with Crippen LogP contribution in [0.2, 0.25) is 0 Å². The van der Waals surface area contributed by atoms with Gasteiger partial charge in [-0.15, -0.1) is 0 Å². The minimum Gasteiger partial charge on any atom is -0.481 e. The number of aromatic nitrogens is 1. The maximum atomic E-state index is 12.0. The molecule has 8 heteroatoms. The van der Waals surface area contributed by atoms with Crippen LogP contribution in [0.5, 0.6) is 0 Å². The van der Waals surface area contributed by atoms with Gasteiger partial charge in [0.1, 0.15) is 0 Å². The largest absolute Gasteiger partial charge is 0.481 e. The number of carboxylic acids is 1. The summed E-state index contributed by atoms with van der Waals surface area (Å²) in [5, 5.41) is 11.0. The molecule has 7 nitrogen and oxygen atoms in total. The summed E-state index contributed by atoms with van der Waals surface area (Å²) in [6, 6.07) is 10.3. The monoisotopic (exact) mass is 377 g/mol. The van der Waals surface area contributed by atoms with Crippen molar-refractivity contribution in [3.8, 4) is 0 Å². The third-order valence-corrected chi connectivity index (χ3v) is 7.20. The molecule has 0 spiro atoms. The number of rotatable bonds is 4. The maximum absolute atomic E-state index is 12.0. The van der Waals surface area contributed by atoms with Gasteiger partial charge in [0.2, 0.25) is 10.0 Å². The number of nitrogens with zero attached hydrogens (tertiary/aromatic N) is 3. The number of sulfonamides is 1. The van der Waals surface area contributed by atoms with Gasteiger partial charge in [-0.2, -0.15) is 0 Å². The first-order valence-corrected chi connectivity index (χ1v) is 10.5. The second kappa shape index (κ2) is 5.80. The maximum Gasteiger partial charge on any atom is 0.312 e. The summed E-state index contributed by atoms with van der Waals surface area (Å²) in [5.41, 5.74) is 1.28. The molecule has 1 aromatic carbocycles. The zero-order chi connectivity index (χ0) is 18.7. The third kappa shape index (κ3) is 2.64. The number of benzene rings is 1. The molecule has 1 aromatic heterocycles. The van der Waals surface area contributed by atoms with Gasteiger partial charge in [0.25, 0.3) is 0 Å². The van der Waals surface area contributed by atoms with Crippen LogP contribution in [0.4, 0.5) is 0 Å². The molecule has 2 atom stereocenters. The average molecular weight is 377 g/mol. The summed E-state index contributed by atoms with van der Waals surface area (Å²) in [6.45, 7) is 1.99. The summed E-state index contributed by atoms with van der Waals surface area (Å²) in [4.78, 5) is 14.2. The van der Waals surface area contributed by atoms with Crippen molar-refractivity contribution < 1.29 is 18.3 Å². The van der Waals surface area contributed by atoms with Crippen molar-refractivity contribution in [3.63, 3.8) is 0 Å². The average Bonchev–Trinajstić information content (AvgIpc) is 3.17. The van der Waals surface area contributed by atoms with Crippen molar-refractivity contribution in [1.82, 2.24) is 13.8 Å². The summed E-state index contributed by atoms with van der Waals surface area (Å²) < 4.78 is 27.2. The normalized spacial score (nSPS) is 27.2. The fraction of sp³-hybridized carbons (Fsp3) is 0.500. The molecule has 0 aliphatic carbocycles. The summed E-state index contributed by atoms with van der Waals surface area (Å²) in [6.07, 6.45) is 1.15. The van der Waals surface area contributed by atoms with Gasteiger partial charge in [-0.05, 0) is 17.5 Å². The van der Waals surface area contributed by atoms with Crippen molar-refractivity contribution in [1.29, 1.82) is 0 Å². The molecule has 0 saturated carbocycles. The van der Waals surface area contributed by atoms with E-state index >= 15 is 0 Å². The zero-order valence-corrected chi connectivity index (χ0v) is 15.7. The second-order valence-corrected chi connectivity index (χ2v) is 9.62. The quantitative estimate of drug-likeness (QED) is 0.858. The van der Waals surface area contributed by atoms with E-state index in [4.69, 9.17) is 0 Å². The molecule has 2 saturated heterocycles. The summed E-state index contributed by atoms with van der Waals surface area (Å²) in [5.74, 6) is -1.07. The van der Waals surface area contributed by atoms with Crippen LogP contribution in [0.1, 0.15) is 5.69 Å². The van der Waals surface area contributed by atoms with Crippen LogP contribution in [-0.4, -0.2) is 65.7 Å². The number of hydrogen-bond acceptors (Lipinski definition) is 4. The molecular weight excluding hydrogens is 354 g/mol. The van der Waals surface area contributed by atoms with Gasteiger partial charge in [0.15, 0.2) is 0 Å². The van der Waals surface area contributed by atoms with E-state index in [1.54, 1.807) is 0 Å². The Hall–Kier alpha value is -1.90. The summed E-state index contributed by atoms with van der Waals surface area (Å²) >= 11 is 0. The number of carbonyl (C=O) groups is 1. The SMILES string of the molecule is Cn1c(CN2CC3CN(S(C)(=O)=O)CC3(C(=O)O)C2)cc2ccccc21. The van der Waals surface area contributed by atoms with E-state index in [-0.39, 0.29) is 19.0 Å². The lowest BCUT2D eigenvalue weighted by Gasteiger charge is -2.24. The highest BCUT2D eigenvalue weighted by Crippen LogP contribution is 2.44. The van der Waals surface area contributed by atoms with Crippen LogP contribution in [0.25, 0.3) is 10.9 Å². The van der Waals surface area contributed by atoms with Crippen molar-refractivity contribution in [3.05, 3.63) is 36.0 Å². The van der Waals surface area contributed by atoms with Crippen molar-refractivity contribution in [2.45, 2.75) is 6.54 Å². The molecule has 2 aliphatic rings. The number of carboxylic acid groups (broad SMARTS) is 1. The second-order valence-electron chi connectivity index (χ2n) is 7.64. The molecule has 2 unspecified atom stereocenters. The number of hydrogen-bond donors (Lipinski definition) is 1. The predicted octanol–water partition coefficient (Wildman–Crippen LogP) is 0.956. The molecule has 140 valence electrons. The fourth-order valence-corrected chi connectivity index (χ4v) is 5.44. The van der Waals surface area contributed by atoms with Crippen LogP contribution < -0.4 is 0 Å². The third-order valence-electron chi connectivity index (χ3n) is 5.98. The number of fused-ring (bicyclic) bond motifs is 2. The van der Waals surface area contributed by atoms with Gasteiger partial charge in [-0.3, -0.25) is 9.69 Å². The Morgan fingerprint density at radius 3 is 2.62 bits per heavy atom. The number of aryl methyl sites for hydroxylation is 1. The van der Waals surface area contributed by atoms with Gasteiger partial charge in [-0.1, -0.05) is 18.2 Å². The summed E-state index contributed by atoms with van der Waals surface area (Å²) in [7, 11) is -1.35. The number of likely N-dealkylation sites (tertiary alicyclic amines) is 1. The predicted molar refractivity (Wildman–Crippen MR) is 98.2 cm³/mol. The van der Waals surface area contributed by atoms with E-state index in [2.05, 4.69) is 27.7 Å². The Morgan fingerprint density at radius 1 is 1.27 bits per heavy atom. The first-order valence-electron chi connectivity index (χ1n) is 8.65. The molecule has 0 amide bonds. The molecule has 0 bridgehead atoms. The van der Waals surface area contributed by atoms with Crippen molar-refractivity contribution in [2.75, 3.05) is 32.4 Å². The van der Waals surface area contributed by atoms with Crippen molar-refractivity contribution >= 4 is 26.9 Å². The van der Waals surface area contributed by atoms with E-state index in [1.165, 1.54) is 9.69 Å². The smallest absolute Gasteiger partial charge is 0.312 e. The standard InChI is InChI=1S/C18H23N3O4S/c1-19-15(7-13-5-3-4-6-16(13)19)10-20-8-14-9-21(26(2,24)25)12-18(14,11-20)17(22)23/h3-7,14H,8-12H2,1-2H3,(H,22,23). The Bertz CT molecular complexity index is 983. The molecule has 3 heterocycles. The Kier molecular flexibility index (Phi) is 3.91. The van der Waals surface area contributed by atoms with Gasteiger partial charge in [0, 0.05) is 56.9 Å². The molecule has 26 heavy (non-hydrogen) atoms. The lowest BCUT2D eigenvalue weighted by molar-refractivity contribution is -0.148. The zero-order valence-electron chi connectivity index (χ0n) is 14.9. The van der Waals surface area contributed by atoms with Gasteiger partial charge in [0.05, 0.1) is 11.7 Å². The highest BCUT2D eigenvalue weighted by molar-refractivity contribution is 7.88. The lowest BCUT2D eigenvalue weighted by Crippen LogP contribution is -2.41. The van der Waals surface area contributed by atoms with Gasteiger partial charge >= 0.3 is 5.97 Å². The first-order chi connectivity index (χ1) is 12.2. The molecular formula is C18H23N3O4S. The van der Waals surface area contributed by atoms with Crippen LogP contribution in [-0.2, 0) is 28.4 Å². The van der Waals surface area contributed by atoms with Crippen LogP contribution >= 0.6 is 0 Å². The van der Waals surface area contributed by atoms with Gasteiger partial charge in [-0.25, -0.2) is 12.7 Å². The molecule has 4 rings (SSSR count). The van der Waals surface area contributed by atoms with E-state index in [1.807, 2.05) is 19.2 Å². The van der Waals surface area contributed by atoms with Crippen molar-refractivity contribution in [2.24, 2.45) is 18.4 Å². The Balaban J connectivity index is 1.58. The number of aliphatic carboxylic acids is 1. The number of para-hydroxylation sites is 1. The molecule has 0 radical (unpaired) electrons. The Labute approximate surface area is 152 Å². The van der Waals surface area contributed by atoms with E-state index < -0.39 is 21.4 Å². The minimum absolute atomic E-state index is 0.0669. The van der Waals surface area contributed by atoms with Crippen LogP contribution in [0.15, 0.2) is 30.3 Å². The topological polar surface area (TPSA) is 82.8 Å². The van der Waals surface area contributed by atoms with Crippen LogP contribution in [0, 0.1) is 11.3 Å². The highest BCUT2D eigenvalue weighted by atomic mass is 32.2. The molecule has 1 N–H and O–H groups in total. The fourth-order valence-electron chi connectivity index (χ4n) is 4.53. The molecule has 2 aliphatic heterocycles. The first kappa shape index (κ1) is 17.5. The van der Waals surface area contributed by atoms with E-state index in [0.717, 1.165) is 17.5 Å². The van der Waals surface area contributed by atoms with Gasteiger partial charge < -0.3 is 9.67 Å². The molecule has 2 aromatic rings. The highest BCUT2D eigenvalue weighted by Gasteiger charge is 2.59. The molecule has 2 fully saturated rings. The van der Waals surface area contributed by atoms with E-state index in [0.29, 0.717) is 19.6 Å². The van der Waals surface area contributed by atoms with E-state index in [9.17, 15) is 18.3 Å². The minimum atomic E-state index is -3.37. The lowest BCUT2D eigenvalue weighted by atomic mass is 9.81. The van der Waals surface area contributed by atoms with Crippen LogP contribution in [0.3, 0.4) is 0 Å². The Morgan fingerprint density at radius 2 is 2.00 bits per heavy atom.